The van der Waals surface area contributed by atoms with E-state index in [2.05, 4.69) is 10.1 Å². The Labute approximate surface area is 231 Å². The third kappa shape index (κ3) is 5.85. The van der Waals surface area contributed by atoms with E-state index in [1.54, 1.807) is 0 Å². The van der Waals surface area contributed by atoms with Gasteiger partial charge in [0.1, 0.15) is 6.04 Å². The van der Waals surface area contributed by atoms with Crippen molar-refractivity contribution >= 4 is 81.8 Å². The summed E-state index contributed by atoms with van der Waals surface area (Å²) in [7, 11) is 1.25. The molecule has 196 valence electrons. The van der Waals surface area contributed by atoms with Crippen molar-refractivity contribution in [1.29, 1.82) is 0 Å². The molecule has 3 rings (SSSR count). The van der Waals surface area contributed by atoms with Crippen LogP contribution in [0.2, 0.25) is 20.1 Å². The molecule has 0 aliphatic carbocycles. The standard InChI is InChI=1S/C24H20Cl4N2O7/c1-3-4-5-13(30-21(32)15-16(22(30)33)18(26)20(28)19(27)17(15)25)24(35)37-10-14(31)29-12-8-6-11(7-9-12)23(34)36-2/h6-9,13H,3-5,10H2,1-2H3,(H,29,31)/t13-/m1/s1. The lowest BCUT2D eigenvalue weighted by Crippen LogP contribution is -2.46. The van der Waals surface area contributed by atoms with Crippen LogP contribution in [0.1, 0.15) is 57.3 Å². The summed E-state index contributed by atoms with van der Waals surface area (Å²) >= 11 is 24.4. The minimum Gasteiger partial charge on any atom is -0.465 e. The summed E-state index contributed by atoms with van der Waals surface area (Å²) < 4.78 is 9.75. The lowest BCUT2D eigenvalue weighted by Gasteiger charge is -2.24. The number of imide groups is 1. The Balaban J connectivity index is 1.75. The summed E-state index contributed by atoms with van der Waals surface area (Å²) in [6.07, 6.45) is 1.19. The Morgan fingerprint density at radius 3 is 1.95 bits per heavy atom. The first kappa shape index (κ1) is 28.7. The van der Waals surface area contributed by atoms with Crippen LogP contribution < -0.4 is 5.32 Å². The van der Waals surface area contributed by atoms with Crippen LogP contribution in [0.25, 0.3) is 0 Å². The Bertz CT molecular complexity index is 1230. The van der Waals surface area contributed by atoms with Gasteiger partial charge in [-0.1, -0.05) is 66.2 Å². The van der Waals surface area contributed by atoms with E-state index in [-0.39, 0.29) is 43.2 Å². The van der Waals surface area contributed by atoms with Gasteiger partial charge < -0.3 is 14.8 Å². The van der Waals surface area contributed by atoms with Crippen LogP contribution >= 0.6 is 46.4 Å². The van der Waals surface area contributed by atoms with Crippen LogP contribution in [-0.2, 0) is 19.1 Å². The summed E-state index contributed by atoms with van der Waals surface area (Å²) in [6.45, 7) is 1.17. The minimum atomic E-state index is -1.34. The third-order valence-electron chi connectivity index (χ3n) is 5.48. The van der Waals surface area contributed by atoms with Gasteiger partial charge in [-0.15, -0.1) is 0 Å². The Morgan fingerprint density at radius 1 is 0.919 bits per heavy atom. The second-order valence-corrected chi connectivity index (χ2v) is 9.38. The summed E-state index contributed by atoms with van der Waals surface area (Å²) in [6, 6.07) is 4.50. The molecule has 1 aliphatic rings. The van der Waals surface area contributed by atoms with Gasteiger partial charge in [0, 0.05) is 5.69 Å². The topological polar surface area (TPSA) is 119 Å². The normalized spacial score (nSPS) is 13.3. The maximum absolute atomic E-state index is 13.2. The number of ether oxygens (including phenoxy) is 2. The monoisotopic (exact) mass is 588 g/mol. The van der Waals surface area contributed by atoms with Crippen LogP contribution in [0, 0.1) is 0 Å². The van der Waals surface area contributed by atoms with E-state index in [1.807, 2.05) is 6.92 Å². The fraction of sp³-hybridized carbons (Fsp3) is 0.292. The van der Waals surface area contributed by atoms with Gasteiger partial charge in [-0.2, -0.15) is 0 Å². The van der Waals surface area contributed by atoms with Crippen molar-refractivity contribution in [3.05, 3.63) is 61.0 Å². The average molecular weight is 590 g/mol. The molecule has 1 N–H and O–H groups in total. The van der Waals surface area contributed by atoms with E-state index in [4.69, 9.17) is 51.1 Å². The highest BCUT2D eigenvalue weighted by molar-refractivity contribution is 6.55. The molecule has 0 saturated heterocycles. The summed E-state index contributed by atoms with van der Waals surface area (Å²) in [5.74, 6) is -3.94. The number of methoxy groups -OCH3 is 1. The highest BCUT2D eigenvalue weighted by Crippen LogP contribution is 2.45. The fourth-order valence-corrected chi connectivity index (χ4v) is 4.65. The molecule has 2 aromatic rings. The minimum absolute atomic E-state index is 0.0775. The number of nitrogens with one attached hydrogen (secondary N) is 1. The predicted molar refractivity (Wildman–Crippen MR) is 138 cm³/mol. The number of amides is 3. The van der Waals surface area contributed by atoms with E-state index in [0.717, 1.165) is 0 Å². The summed E-state index contributed by atoms with van der Waals surface area (Å²) in [5, 5.41) is 1.61. The van der Waals surface area contributed by atoms with Crippen molar-refractivity contribution in [2.45, 2.75) is 32.2 Å². The average Bonchev–Trinajstić information content (AvgIpc) is 3.15. The fourth-order valence-electron chi connectivity index (χ4n) is 3.64. The first-order valence-electron chi connectivity index (χ1n) is 10.9. The predicted octanol–water partition coefficient (Wildman–Crippen LogP) is 5.42. The zero-order chi connectivity index (χ0) is 27.4. The number of carbonyl (C=O) groups is 5. The molecule has 0 fully saturated rings. The Morgan fingerprint density at radius 2 is 1.46 bits per heavy atom. The van der Waals surface area contributed by atoms with Crippen LogP contribution in [0.15, 0.2) is 24.3 Å². The van der Waals surface area contributed by atoms with Crippen molar-refractivity contribution in [3.8, 4) is 0 Å². The second-order valence-electron chi connectivity index (χ2n) is 7.87. The second kappa shape index (κ2) is 12.1. The Hall–Kier alpha value is -2.85. The molecule has 1 atom stereocenters. The SMILES string of the molecule is CCCC[C@H](C(=O)OCC(=O)Nc1ccc(C(=O)OC)cc1)N1C(=O)c2c(Cl)c(Cl)c(Cl)c(Cl)c2C1=O. The molecule has 1 heterocycles. The van der Waals surface area contributed by atoms with Crippen molar-refractivity contribution in [2.75, 3.05) is 19.0 Å². The maximum Gasteiger partial charge on any atom is 0.337 e. The zero-order valence-corrected chi connectivity index (χ0v) is 22.6. The molecule has 2 aromatic carbocycles. The first-order chi connectivity index (χ1) is 17.5. The number of unbranched alkanes of at least 4 members (excludes halogenated alkanes) is 1. The van der Waals surface area contributed by atoms with Crippen molar-refractivity contribution in [1.82, 2.24) is 4.90 Å². The van der Waals surface area contributed by atoms with Gasteiger partial charge in [0.05, 0.1) is 43.9 Å². The van der Waals surface area contributed by atoms with E-state index < -0.39 is 42.3 Å². The van der Waals surface area contributed by atoms with Crippen molar-refractivity contribution in [3.63, 3.8) is 0 Å². The van der Waals surface area contributed by atoms with Crippen LogP contribution in [0.4, 0.5) is 5.69 Å². The van der Waals surface area contributed by atoms with Gasteiger partial charge in [-0.05, 0) is 30.7 Å². The zero-order valence-electron chi connectivity index (χ0n) is 19.5. The number of anilines is 1. The summed E-state index contributed by atoms with van der Waals surface area (Å²) in [5.41, 5.74) is 0.117. The molecule has 9 nitrogen and oxygen atoms in total. The lowest BCUT2D eigenvalue weighted by molar-refractivity contribution is -0.151. The third-order valence-corrected chi connectivity index (χ3v) is 7.28. The number of rotatable bonds is 9. The first-order valence-corrected chi connectivity index (χ1v) is 12.4. The van der Waals surface area contributed by atoms with Crippen LogP contribution in [0.3, 0.4) is 0 Å². The largest absolute Gasteiger partial charge is 0.465 e. The van der Waals surface area contributed by atoms with Crippen molar-refractivity contribution < 1.29 is 33.4 Å². The van der Waals surface area contributed by atoms with Gasteiger partial charge in [0.25, 0.3) is 17.7 Å². The van der Waals surface area contributed by atoms with Gasteiger partial charge in [-0.25, -0.2) is 9.59 Å². The summed E-state index contributed by atoms with van der Waals surface area (Å²) in [4.78, 5) is 63.9. The molecule has 3 amide bonds. The van der Waals surface area contributed by atoms with Gasteiger partial charge >= 0.3 is 11.9 Å². The maximum atomic E-state index is 13.2. The molecule has 37 heavy (non-hydrogen) atoms. The number of fused-ring (bicyclic) bond motifs is 1. The highest BCUT2D eigenvalue weighted by atomic mass is 35.5. The van der Waals surface area contributed by atoms with Crippen LogP contribution in [0.5, 0.6) is 0 Å². The van der Waals surface area contributed by atoms with Gasteiger partial charge in [0.15, 0.2) is 6.61 Å². The molecule has 0 unspecified atom stereocenters. The molecule has 1 aliphatic heterocycles. The molecular formula is C24H20Cl4N2O7. The highest BCUT2D eigenvalue weighted by Gasteiger charge is 2.47. The number of carbonyl (C=O) groups excluding carboxylic acids is 5. The number of nitrogens with zero attached hydrogens (tertiary/aromatic N) is 1. The molecule has 0 aromatic heterocycles. The van der Waals surface area contributed by atoms with Crippen molar-refractivity contribution in [2.24, 2.45) is 0 Å². The smallest absolute Gasteiger partial charge is 0.337 e. The van der Waals surface area contributed by atoms with Crippen LogP contribution in [-0.4, -0.2) is 54.3 Å². The number of hydrogen-bond donors (Lipinski definition) is 1. The van der Waals surface area contributed by atoms with E-state index in [9.17, 15) is 24.0 Å². The number of halogens is 4. The molecule has 0 bridgehead atoms. The molecule has 0 spiro atoms. The molecule has 0 radical (unpaired) electrons. The molecule has 13 heteroatoms. The lowest BCUT2D eigenvalue weighted by atomic mass is 10.1. The van der Waals surface area contributed by atoms with Gasteiger partial charge in [-0.3, -0.25) is 19.3 Å². The van der Waals surface area contributed by atoms with Gasteiger partial charge in [0.2, 0.25) is 0 Å². The molecular weight excluding hydrogens is 570 g/mol. The Kier molecular flexibility index (Phi) is 9.41. The van der Waals surface area contributed by atoms with E-state index in [0.29, 0.717) is 23.4 Å². The van der Waals surface area contributed by atoms with E-state index >= 15 is 0 Å². The van der Waals surface area contributed by atoms with E-state index in [1.165, 1.54) is 31.4 Å². The quantitative estimate of drug-likeness (QED) is 0.179. The molecule has 0 saturated carbocycles. The number of benzene rings is 2. The number of hydrogen-bond acceptors (Lipinski definition) is 7. The number of esters is 2.